The maximum atomic E-state index is 12.0. The standard InChI is InChI=1S/C14H23N5O6/c1-7(18-13(23)8(15)5-10(16)20)12(22)17-6-11(21)19-4-2-3-9(19)14(24)25/h7-9H,2-6,15H2,1H3,(H2,16,20)(H,17,22)(H,18,23)(H,24,25). The third-order valence-corrected chi connectivity index (χ3v) is 3.78. The summed E-state index contributed by atoms with van der Waals surface area (Å²) in [4.78, 5) is 58.6. The Morgan fingerprint density at radius 3 is 2.44 bits per heavy atom. The van der Waals surface area contributed by atoms with E-state index in [9.17, 15) is 24.0 Å². The molecule has 0 aromatic rings. The van der Waals surface area contributed by atoms with Crippen molar-refractivity contribution in [1.82, 2.24) is 15.5 Å². The van der Waals surface area contributed by atoms with E-state index in [1.807, 2.05) is 0 Å². The summed E-state index contributed by atoms with van der Waals surface area (Å²) >= 11 is 0. The lowest BCUT2D eigenvalue weighted by Crippen LogP contribution is -2.52. The van der Waals surface area contributed by atoms with Crippen molar-refractivity contribution in [2.75, 3.05) is 13.1 Å². The minimum absolute atomic E-state index is 0.319. The summed E-state index contributed by atoms with van der Waals surface area (Å²) in [5.74, 6) is -3.70. The predicted octanol–water partition coefficient (Wildman–Crippen LogP) is -3.11. The largest absolute Gasteiger partial charge is 0.480 e. The van der Waals surface area contributed by atoms with Crippen LogP contribution in [-0.4, -0.2) is 70.8 Å². The first-order chi connectivity index (χ1) is 11.6. The van der Waals surface area contributed by atoms with Crippen LogP contribution >= 0.6 is 0 Å². The molecule has 0 radical (unpaired) electrons. The van der Waals surface area contributed by atoms with Gasteiger partial charge >= 0.3 is 5.97 Å². The summed E-state index contributed by atoms with van der Waals surface area (Å²) in [5.41, 5.74) is 10.4. The lowest BCUT2D eigenvalue weighted by atomic mass is 10.2. The van der Waals surface area contributed by atoms with Crippen LogP contribution in [0.5, 0.6) is 0 Å². The van der Waals surface area contributed by atoms with Gasteiger partial charge in [-0.3, -0.25) is 19.2 Å². The maximum absolute atomic E-state index is 12.0. The molecular formula is C14H23N5O6. The minimum atomic E-state index is -1.17. The fourth-order valence-electron chi connectivity index (χ4n) is 2.43. The molecule has 11 nitrogen and oxygen atoms in total. The zero-order valence-electron chi connectivity index (χ0n) is 13.9. The third kappa shape index (κ3) is 6.03. The van der Waals surface area contributed by atoms with Crippen molar-refractivity contribution in [3.05, 3.63) is 0 Å². The first-order valence-corrected chi connectivity index (χ1v) is 7.77. The first-order valence-electron chi connectivity index (χ1n) is 7.77. The molecule has 1 heterocycles. The number of hydrogen-bond acceptors (Lipinski definition) is 6. The van der Waals surface area contributed by atoms with E-state index in [4.69, 9.17) is 16.6 Å². The SMILES string of the molecule is CC(NC(=O)C(N)CC(N)=O)C(=O)NCC(=O)N1CCCC1C(=O)O. The number of carbonyl (C=O) groups excluding carboxylic acids is 4. The molecule has 0 aromatic heterocycles. The van der Waals surface area contributed by atoms with E-state index >= 15 is 0 Å². The smallest absolute Gasteiger partial charge is 0.326 e. The highest BCUT2D eigenvalue weighted by Crippen LogP contribution is 2.17. The number of hydrogen-bond donors (Lipinski definition) is 5. The van der Waals surface area contributed by atoms with Gasteiger partial charge in [-0.2, -0.15) is 0 Å². The highest BCUT2D eigenvalue weighted by molar-refractivity contribution is 5.93. The quantitative estimate of drug-likeness (QED) is 0.304. The number of nitrogens with zero attached hydrogens (tertiary/aromatic N) is 1. The zero-order chi connectivity index (χ0) is 19.1. The van der Waals surface area contributed by atoms with Gasteiger partial charge < -0.3 is 32.1 Å². The molecule has 1 aliphatic heterocycles. The van der Waals surface area contributed by atoms with Crippen molar-refractivity contribution in [3.63, 3.8) is 0 Å². The number of aliphatic carboxylic acids is 1. The highest BCUT2D eigenvalue weighted by atomic mass is 16.4. The van der Waals surface area contributed by atoms with Crippen LogP contribution in [0.4, 0.5) is 0 Å². The van der Waals surface area contributed by atoms with Gasteiger partial charge in [-0.1, -0.05) is 0 Å². The van der Waals surface area contributed by atoms with E-state index < -0.39 is 47.7 Å². The van der Waals surface area contributed by atoms with Crippen molar-refractivity contribution < 1.29 is 29.1 Å². The second-order valence-corrected chi connectivity index (χ2v) is 5.81. The van der Waals surface area contributed by atoms with Gasteiger partial charge in [-0.05, 0) is 19.8 Å². The Hall–Kier alpha value is -2.69. The molecular weight excluding hydrogens is 334 g/mol. The summed E-state index contributed by atoms with van der Waals surface area (Å²) in [7, 11) is 0. The number of nitrogens with two attached hydrogens (primary N) is 2. The molecule has 25 heavy (non-hydrogen) atoms. The highest BCUT2D eigenvalue weighted by Gasteiger charge is 2.34. The lowest BCUT2D eigenvalue weighted by molar-refractivity contribution is -0.148. The molecule has 0 aliphatic carbocycles. The van der Waals surface area contributed by atoms with Crippen molar-refractivity contribution in [1.29, 1.82) is 0 Å². The van der Waals surface area contributed by atoms with Crippen molar-refractivity contribution in [2.45, 2.75) is 44.3 Å². The van der Waals surface area contributed by atoms with Gasteiger partial charge in [-0.25, -0.2) is 4.79 Å². The summed E-state index contributed by atoms with van der Waals surface area (Å²) in [5, 5.41) is 13.7. The molecule has 140 valence electrons. The van der Waals surface area contributed by atoms with Gasteiger partial charge in [0.1, 0.15) is 12.1 Å². The number of carbonyl (C=O) groups is 5. The molecule has 3 atom stereocenters. The predicted molar refractivity (Wildman–Crippen MR) is 84.8 cm³/mol. The zero-order valence-corrected chi connectivity index (χ0v) is 13.9. The Kier molecular flexibility index (Phi) is 7.30. The summed E-state index contributed by atoms with van der Waals surface area (Å²) in [6.45, 7) is 1.32. The molecule has 1 saturated heterocycles. The molecule has 1 aliphatic rings. The normalized spacial score (nSPS) is 19.0. The Morgan fingerprint density at radius 2 is 1.88 bits per heavy atom. The van der Waals surface area contributed by atoms with E-state index in [0.29, 0.717) is 19.4 Å². The van der Waals surface area contributed by atoms with Crippen LogP contribution in [-0.2, 0) is 24.0 Å². The van der Waals surface area contributed by atoms with Crippen LogP contribution in [0.3, 0.4) is 0 Å². The van der Waals surface area contributed by atoms with Crippen LogP contribution in [0.25, 0.3) is 0 Å². The number of nitrogens with one attached hydrogen (secondary N) is 2. The van der Waals surface area contributed by atoms with Crippen molar-refractivity contribution in [3.8, 4) is 0 Å². The van der Waals surface area contributed by atoms with Gasteiger partial charge in [-0.15, -0.1) is 0 Å². The number of carboxylic acids is 1. The number of amides is 4. The minimum Gasteiger partial charge on any atom is -0.480 e. The molecule has 0 spiro atoms. The van der Waals surface area contributed by atoms with E-state index in [1.54, 1.807) is 0 Å². The number of rotatable bonds is 8. The topological polar surface area (TPSA) is 185 Å². The van der Waals surface area contributed by atoms with E-state index in [-0.39, 0.29) is 13.0 Å². The monoisotopic (exact) mass is 357 g/mol. The second kappa shape index (κ2) is 8.97. The number of likely N-dealkylation sites (tertiary alicyclic amines) is 1. The Bertz CT molecular complexity index is 566. The Labute approximate surface area is 144 Å². The van der Waals surface area contributed by atoms with Gasteiger partial charge in [0.2, 0.25) is 23.6 Å². The maximum Gasteiger partial charge on any atom is 0.326 e. The van der Waals surface area contributed by atoms with Crippen molar-refractivity contribution >= 4 is 29.6 Å². The van der Waals surface area contributed by atoms with E-state index in [0.717, 1.165) is 0 Å². The molecule has 0 aromatic carbocycles. The summed E-state index contributed by atoms with van der Waals surface area (Å²) < 4.78 is 0. The van der Waals surface area contributed by atoms with Crippen LogP contribution in [0.15, 0.2) is 0 Å². The van der Waals surface area contributed by atoms with Crippen LogP contribution in [0.1, 0.15) is 26.2 Å². The third-order valence-electron chi connectivity index (χ3n) is 3.78. The molecule has 7 N–H and O–H groups in total. The molecule has 4 amide bonds. The Morgan fingerprint density at radius 1 is 1.24 bits per heavy atom. The molecule has 0 saturated carbocycles. The van der Waals surface area contributed by atoms with Crippen LogP contribution in [0.2, 0.25) is 0 Å². The molecule has 0 bridgehead atoms. The van der Waals surface area contributed by atoms with Crippen molar-refractivity contribution in [2.24, 2.45) is 11.5 Å². The summed E-state index contributed by atoms with van der Waals surface area (Å²) in [6.07, 6.45) is 0.601. The average molecular weight is 357 g/mol. The number of primary amides is 1. The van der Waals surface area contributed by atoms with Crippen LogP contribution < -0.4 is 22.1 Å². The van der Waals surface area contributed by atoms with E-state index in [1.165, 1.54) is 11.8 Å². The van der Waals surface area contributed by atoms with Crippen LogP contribution in [0, 0.1) is 0 Å². The van der Waals surface area contributed by atoms with Gasteiger partial charge in [0.15, 0.2) is 0 Å². The lowest BCUT2D eigenvalue weighted by Gasteiger charge is -2.22. The number of carboxylic acid groups (broad SMARTS) is 1. The van der Waals surface area contributed by atoms with Gasteiger partial charge in [0.05, 0.1) is 19.0 Å². The Balaban J connectivity index is 2.45. The van der Waals surface area contributed by atoms with Gasteiger partial charge in [0, 0.05) is 6.54 Å². The molecule has 1 fully saturated rings. The van der Waals surface area contributed by atoms with Gasteiger partial charge in [0.25, 0.3) is 0 Å². The molecule has 1 rings (SSSR count). The first kappa shape index (κ1) is 20.4. The fourth-order valence-corrected chi connectivity index (χ4v) is 2.43. The van der Waals surface area contributed by atoms with E-state index in [2.05, 4.69) is 10.6 Å². The molecule has 3 unspecified atom stereocenters. The summed E-state index contributed by atoms with van der Waals surface area (Å²) in [6, 6.07) is -3.04. The fraction of sp³-hybridized carbons (Fsp3) is 0.643. The average Bonchev–Trinajstić information content (AvgIpc) is 3.01. The second-order valence-electron chi connectivity index (χ2n) is 5.81. The molecule has 11 heteroatoms.